The van der Waals surface area contributed by atoms with Crippen molar-refractivity contribution in [2.24, 2.45) is 0 Å². The van der Waals surface area contributed by atoms with Crippen molar-refractivity contribution in [1.82, 2.24) is 14.1 Å². The van der Waals surface area contributed by atoms with Crippen LogP contribution in [0.2, 0.25) is 0 Å². The van der Waals surface area contributed by atoms with Crippen LogP contribution < -0.4 is 9.80 Å². The summed E-state index contributed by atoms with van der Waals surface area (Å²) in [6.45, 7) is 0. The molecular weight excluding hydrogens is 691 g/mol. The number of carbonyl (C=O) groups is 2. The van der Waals surface area contributed by atoms with Gasteiger partial charge >= 0.3 is 0 Å². The van der Waals surface area contributed by atoms with Crippen LogP contribution in [-0.2, 0) is 0 Å². The number of hydrogen-bond acceptors (Lipinski definition) is 4. The van der Waals surface area contributed by atoms with Gasteiger partial charge in [-0.1, -0.05) is 115 Å². The van der Waals surface area contributed by atoms with E-state index in [0.29, 0.717) is 28.0 Å². The maximum absolute atomic E-state index is 15.4. The Hall–Kier alpha value is -7.77. The number of carbonyl (C=O) groups excluding carboxylic acids is 2. The van der Waals surface area contributed by atoms with Gasteiger partial charge in [-0.15, -0.1) is 0 Å². The van der Waals surface area contributed by atoms with E-state index >= 15 is 9.59 Å². The van der Waals surface area contributed by atoms with Crippen molar-refractivity contribution in [2.45, 2.75) is 0 Å². The topological polar surface area (TPSA) is 63.4 Å². The van der Waals surface area contributed by atoms with E-state index in [1.54, 1.807) is 6.07 Å². The molecule has 2 amide bonds. The molecule has 0 radical (unpaired) electrons. The minimum absolute atomic E-state index is 0.247. The minimum Gasteiger partial charge on any atom is -0.308 e. The molecule has 0 fully saturated rings. The Morgan fingerprint density at radius 1 is 0.411 bits per heavy atom. The van der Waals surface area contributed by atoms with E-state index in [-0.39, 0.29) is 5.82 Å². The Labute approximate surface area is 321 Å². The molecule has 0 aliphatic carbocycles. The standard InChI is InChI=1S/C49H31N5O2/c55-48-44-45(49(56)54(48)41-31-17-30-40(50-41)51(32-18-5-1-6-19-32)33-20-7-2-8-21-33)47-43(37-27-14-16-29-39(37)53(47)35-24-11-4-12-25-35)42-36-26-13-15-28-38(36)52(46(42)44)34-22-9-3-10-23-34/h1-31H. The molecular formula is C49H31N5O2. The van der Waals surface area contributed by atoms with Crippen LogP contribution in [0, 0.1) is 0 Å². The van der Waals surface area contributed by atoms with Gasteiger partial charge in [-0.25, -0.2) is 9.88 Å². The molecule has 3 aromatic heterocycles. The van der Waals surface area contributed by atoms with Crippen molar-refractivity contribution in [3.05, 3.63) is 199 Å². The molecule has 0 saturated carbocycles. The van der Waals surface area contributed by atoms with Crippen LogP contribution in [0.5, 0.6) is 0 Å². The molecule has 1 aliphatic rings. The lowest BCUT2D eigenvalue weighted by Crippen LogP contribution is -2.30. The first kappa shape index (κ1) is 31.7. The van der Waals surface area contributed by atoms with Crippen molar-refractivity contribution in [2.75, 3.05) is 9.80 Å². The molecule has 7 nitrogen and oxygen atoms in total. The van der Waals surface area contributed by atoms with E-state index in [4.69, 9.17) is 4.98 Å². The zero-order valence-corrected chi connectivity index (χ0v) is 30.0. The lowest BCUT2D eigenvalue weighted by Gasteiger charge is -2.25. The van der Waals surface area contributed by atoms with E-state index in [0.717, 1.165) is 55.3 Å². The summed E-state index contributed by atoms with van der Waals surface area (Å²) in [5.74, 6) is -0.0186. The molecule has 7 aromatic carbocycles. The van der Waals surface area contributed by atoms with Crippen LogP contribution in [0.15, 0.2) is 188 Å². The van der Waals surface area contributed by atoms with Crippen LogP contribution >= 0.6 is 0 Å². The van der Waals surface area contributed by atoms with Gasteiger partial charge in [0, 0.05) is 44.3 Å². The van der Waals surface area contributed by atoms with E-state index in [9.17, 15) is 0 Å². The van der Waals surface area contributed by atoms with Gasteiger partial charge in [-0.05, 0) is 72.8 Å². The smallest absolute Gasteiger partial charge is 0.269 e. The fourth-order valence-electron chi connectivity index (χ4n) is 8.56. The number of rotatable bonds is 6. The molecule has 0 saturated heterocycles. The third-order valence-electron chi connectivity index (χ3n) is 10.8. The second-order valence-corrected chi connectivity index (χ2v) is 13.9. The van der Waals surface area contributed by atoms with Crippen LogP contribution in [0.1, 0.15) is 20.7 Å². The van der Waals surface area contributed by atoms with Crippen molar-refractivity contribution < 1.29 is 9.59 Å². The summed E-state index contributed by atoms with van der Waals surface area (Å²) in [6.07, 6.45) is 0. The second kappa shape index (κ2) is 12.4. The molecule has 10 aromatic rings. The third-order valence-corrected chi connectivity index (χ3v) is 10.8. The van der Waals surface area contributed by atoms with Gasteiger partial charge in [0.1, 0.15) is 11.6 Å². The first-order valence-electron chi connectivity index (χ1n) is 18.6. The SMILES string of the molecule is O=C1c2c(c3c(c4ccccc4n3-c3ccccc3)c3c4ccccc4n(-c4ccccc4)c23)C(=O)N1c1cccc(N(c2ccccc2)c2ccccc2)n1. The summed E-state index contributed by atoms with van der Waals surface area (Å²) >= 11 is 0. The number of para-hydroxylation sites is 6. The summed E-state index contributed by atoms with van der Waals surface area (Å²) < 4.78 is 4.28. The van der Waals surface area contributed by atoms with Gasteiger partial charge in [0.15, 0.2) is 0 Å². The fraction of sp³-hybridized carbons (Fsp3) is 0. The maximum atomic E-state index is 15.4. The van der Waals surface area contributed by atoms with Crippen LogP contribution in [0.3, 0.4) is 0 Å². The van der Waals surface area contributed by atoms with Crippen molar-refractivity contribution in [3.8, 4) is 11.4 Å². The monoisotopic (exact) mass is 721 g/mol. The average Bonchev–Trinajstić information content (AvgIpc) is 3.87. The summed E-state index contributed by atoms with van der Waals surface area (Å²) in [5.41, 5.74) is 7.58. The second-order valence-electron chi connectivity index (χ2n) is 13.9. The zero-order chi connectivity index (χ0) is 37.3. The van der Waals surface area contributed by atoms with Gasteiger partial charge in [0.05, 0.1) is 33.2 Å². The summed E-state index contributed by atoms with van der Waals surface area (Å²) in [4.78, 5) is 39.3. The van der Waals surface area contributed by atoms with E-state index < -0.39 is 11.8 Å². The van der Waals surface area contributed by atoms with Gasteiger partial charge in [0.25, 0.3) is 11.8 Å². The number of nitrogens with zero attached hydrogens (tertiary/aromatic N) is 5. The third kappa shape index (κ3) is 4.55. The van der Waals surface area contributed by atoms with Crippen molar-refractivity contribution in [1.29, 1.82) is 0 Å². The van der Waals surface area contributed by atoms with Gasteiger partial charge in [-0.2, -0.15) is 0 Å². The van der Waals surface area contributed by atoms with E-state index in [1.807, 2.05) is 163 Å². The highest BCUT2D eigenvalue weighted by atomic mass is 16.2. The molecule has 0 N–H and O–H groups in total. The molecule has 4 heterocycles. The number of aromatic nitrogens is 3. The first-order valence-corrected chi connectivity index (χ1v) is 18.6. The minimum atomic E-state index is -0.419. The molecule has 0 atom stereocenters. The highest BCUT2D eigenvalue weighted by Crippen LogP contribution is 2.48. The number of pyridine rings is 1. The number of anilines is 4. The Bertz CT molecular complexity index is 2980. The number of fused-ring (bicyclic) bond motifs is 10. The molecule has 1 aliphatic heterocycles. The van der Waals surface area contributed by atoms with Gasteiger partial charge in [-0.3, -0.25) is 14.5 Å². The number of imide groups is 1. The maximum Gasteiger partial charge on any atom is 0.269 e. The van der Waals surface area contributed by atoms with Crippen molar-refractivity contribution in [3.63, 3.8) is 0 Å². The quantitative estimate of drug-likeness (QED) is 0.160. The Kier molecular flexibility index (Phi) is 7.02. The lowest BCUT2D eigenvalue weighted by molar-refractivity contribution is 0.0926. The zero-order valence-electron chi connectivity index (χ0n) is 30.0. The fourth-order valence-corrected chi connectivity index (χ4v) is 8.56. The largest absolute Gasteiger partial charge is 0.308 e. The number of amides is 2. The van der Waals surface area contributed by atoms with Crippen LogP contribution in [0.4, 0.5) is 23.0 Å². The molecule has 0 unspecified atom stereocenters. The molecule has 264 valence electrons. The normalized spacial score (nSPS) is 12.7. The summed E-state index contributed by atoms with van der Waals surface area (Å²) in [6, 6.07) is 62.1. The van der Waals surface area contributed by atoms with Gasteiger partial charge < -0.3 is 9.13 Å². The van der Waals surface area contributed by atoms with Gasteiger partial charge in [0.2, 0.25) is 0 Å². The number of hydrogen-bond donors (Lipinski definition) is 0. The Morgan fingerprint density at radius 3 is 1.29 bits per heavy atom. The number of benzene rings is 7. The molecule has 56 heavy (non-hydrogen) atoms. The van der Waals surface area contributed by atoms with E-state index in [1.165, 1.54) is 4.90 Å². The Morgan fingerprint density at radius 2 is 0.821 bits per heavy atom. The molecule has 0 spiro atoms. The molecule has 11 rings (SSSR count). The van der Waals surface area contributed by atoms with E-state index in [2.05, 4.69) is 33.4 Å². The van der Waals surface area contributed by atoms with Crippen molar-refractivity contribution >= 4 is 78.4 Å². The average molecular weight is 722 g/mol. The molecule has 0 bridgehead atoms. The van der Waals surface area contributed by atoms with Crippen LogP contribution in [-0.4, -0.2) is 25.9 Å². The highest BCUT2D eigenvalue weighted by Gasteiger charge is 2.44. The molecule has 7 heteroatoms. The first-order chi connectivity index (χ1) is 27.7. The summed E-state index contributed by atoms with van der Waals surface area (Å²) in [7, 11) is 0. The Balaban J connectivity index is 1.25. The summed E-state index contributed by atoms with van der Waals surface area (Å²) in [5, 5.41) is 3.84. The van der Waals surface area contributed by atoms with Crippen LogP contribution in [0.25, 0.3) is 55.0 Å². The lowest BCUT2D eigenvalue weighted by atomic mass is 9.98. The predicted molar refractivity (Wildman–Crippen MR) is 225 cm³/mol. The highest BCUT2D eigenvalue weighted by molar-refractivity contribution is 6.45. The predicted octanol–water partition coefficient (Wildman–Crippen LogP) is 11.5.